The Morgan fingerprint density at radius 2 is 1.93 bits per heavy atom. The molecule has 1 saturated heterocycles. The highest BCUT2D eigenvalue weighted by molar-refractivity contribution is 6.03. The molecule has 2 aromatic carbocycles. The molecular weight excluding hydrogens is 381 g/mol. The third-order valence-electron chi connectivity index (χ3n) is 6.06. The average Bonchev–Trinajstić information content (AvgIpc) is 3.21. The van der Waals surface area contributed by atoms with Crippen LogP contribution in [0.5, 0.6) is 5.75 Å². The lowest BCUT2D eigenvalue weighted by molar-refractivity contribution is -0.134. The van der Waals surface area contributed by atoms with Gasteiger partial charge in [0.05, 0.1) is 25.4 Å². The second-order valence-corrected chi connectivity index (χ2v) is 8.22. The largest absolute Gasteiger partial charge is 0.496 e. The summed E-state index contributed by atoms with van der Waals surface area (Å²) in [6.45, 7) is 4.46. The Hall–Kier alpha value is -2.73. The summed E-state index contributed by atoms with van der Waals surface area (Å²) >= 11 is 0. The summed E-state index contributed by atoms with van der Waals surface area (Å²) in [7, 11) is 1.63. The molecule has 2 heterocycles. The van der Waals surface area contributed by atoms with E-state index in [2.05, 4.69) is 16.9 Å². The lowest BCUT2D eigenvalue weighted by Crippen LogP contribution is -2.41. The number of carbonyl (C=O) groups excluding carboxylic acids is 1. The Morgan fingerprint density at radius 1 is 1.17 bits per heavy atom. The number of amides is 1. The Kier molecular flexibility index (Phi) is 6.13. The number of hydrogen-bond donors (Lipinski definition) is 0. The van der Waals surface area contributed by atoms with E-state index >= 15 is 0 Å². The van der Waals surface area contributed by atoms with Crippen LogP contribution in [0.4, 0.5) is 4.39 Å². The fourth-order valence-electron chi connectivity index (χ4n) is 4.25. The van der Waals surface area contributed by atoms with Crippen molar-refractivity contribution >= 4 is 11.6 Å². The fourth-order valence-corrected chi connectivity index (χ4v) is 4.25. The minimum absolute atomic E-state index is 0.0353. The van der Waals surface area contributed by atoms with E-state index in [9.17, 15) is 9.18 Å². The number of carbonyl (C=O) groups is 1. The second-order valence-electron chi connectivity index (χ2n) is 8.22. The highest BCUT2D eigenvalue weighted by Crippen LogP contribution is 2.37. The van der Waals surface area contributed by atoms with E-state index in [1.54, 1.807) is 18.2 Å². The summed E-state index contributed by atoms with van der Waals surface area (Å²) in [6.07, 6.45) is 2.74. The number of benzene rings is 2. The number of hydrazone groups is 1. The summed E-state index contributed by atoms with van der Waals surface area (Å²) in [5, 5.41) is 6.24. The molecule has 2 aliphatic heterocycles. The molecule has 1 unspecified atom stereocenters. The van der Waals surface area contributed by atoms with Gasteiger partial charge >= 0.3 is 0 Å². The van der Waals surface area contributed by atoms with Gasteiger partial charge in [-0.15, -0.1) is 0 Å². The maximum absolute atomic E-state index is 13.8. The van der Waals surface area contributed by atoms with Crippen LogP contribution in [0.2, 0.25) is 0 Å². The summed E-state index contributed by atoms with van der Waals surface area (Å²) in [4.78, 5) is 15.5. The van der Waals surface area contributed by atoms with Crippen molar-refractivity contribution in [3.63, 3.8) is 0 Å². The third-order valence-corrected chi connectivity index (χ3v) is 6.06. The normalized spacial score (nSPS) is 20.3. The predicted molar refractivity (Wildman–Crippen MR) is 115 cm³/mol. The number of para-hydroxylation sites is 1. The Bertz CT molecular complexity index is 938. The zero-order chi connectivity index (χ0) is 21.1. The molecule has 6 heteroatoms. The smallest absolute Gasteiger partial charge is 0.257 e. The predicted octanol–water partition coefficient (Wildman–Crippen LogP) is 4.24. The molecule has 5 nitrogen and oxygen atoms in total. The van der Waals surface area contributed by atoms with E-state index in [-0.39, 0.29) is 17.8 Å². The second kappa shape index (κ2) is 8.96. The van der Waals surface area contributed by atoms with Gasteiger partial charge in [0.1, 0.15) is 11.6 Å². The lowest BCUT2D eigenvalue weighted by Gasteiger charge is -2.31. The van der Waals surface area contributed by atoms with E-state index in [0.29, 0.717) is 30.2 Å². The molecule has 2 aromatic rings. The number of halogens is 1. The van der Waals surface area contributed by atoms with Crippen LogP contribution in [-0.4, -0.2) is 48.3 Å². The maximum atomic E-state index is 13.8. The molecule has 0 saturated carbocycles. The highest BCUT2D eigenvalue weighted by atomic mass is 19.1. The van der Waals surface area contributed by atoms with Crippen molar-refractivity contribution < 1.29 is 13.9 Å². The number of nitrogens with zero attached hydrogens (tertiary/aromatic N) is 3. The summed E-state index contributed by atoms with van der Waals surface area (Å²) < 4.78 is 19.3. The number of ether oxygens (including phenoxy) is 1. The van der Waals surface area contributed by atoms with E-state index < -0.39 is 0 Å². The van der Waals surface area contributed by atoms with Gasteiger partial charge in [-0.2, -0.15) is 5.10 Å². The van der Waals surface area contributed by atoms with Crippen LogP contribution in [-0.2, 0) is 4.79 Å². The first-order valence-corrected chi connectivity index (χ1v) is 10.6. The van der Waals surface area contributed by atoms with Gasteiger partial charge in [-0.1, -0.05) is 37.3 Å². The van der Waals surface area contributed by atoms with Crippen molar-refractivity contribution in [3.05, 3.63) is 65.5 Å². The maximum Gasteiger partial charge on any atom is 0.257 e. The van der Waals surface area contributed by atoms with Gasteiger partial charge in [-0.05, 0) is 50.0 Å². The molecule has 0 spiro atoms. The molecule has 1 atom stereocenters. The quantitative estimate of drug-likeness (QED) is 0.742. The first-order valence-electron chi connectivity index (χ1n) is 10.6. The molecule has 2 aliphatic rings. The minimum Gasteiger partial charge on any atom is -0.496 e. The van der Waals surface area contributed by atoms with Gasteiger partial charge < -0.3 is 4.74 Å². The summed E-state index contributed by atoms with van der Waals surface area (Å²) in [5.41, 5.74) is 2.33. The van der Waals surface area contributed by atoms with Crippen LogP contribution in [0.3, 0.4) is 0 Å². The van der Waals surface area contributed by atoms with E-state index in [0.717, 1.165) is 37.2 Å². The number of rotatable bonds is 5. The fraction of sp³-hybridized carbons (Fsp3) is 0.417. The molecule has 1 amide bonds. The first kappa shape index (κ1) is 20.5. The molecule has 0 radical (unpaired) electrons. The molecule has 0 aliphatic carbocycles. The summed E-state index contributed by atoms with van der Waals surface area (Å²) in [5.74, 6) is 1.09. The van der Waals surface area contributed by atoms with Gasteiger partial charge in [0, 0.05) is 17.5 Å². The van der Waals surface area contributed by atoms with Gasteiger partial charge in [0.15, 0.2) is 0 Å². The molecule has 4 rings (SSSR count). The topological polar surface area (TPSA) is 45.1 Å². The van der Waals surface area contributed by atoms with E-state index in [4.69, 9.17) is 4.74 Å². The monoisotopic (exact) mass is 409 g/mol. The van der Waals surface area contributed by atoms with Crippen molar-refractivity contribution in [2.24, 2.45) is 11.0 Å². The number of piperidine rings is 1. The van der Waals surface area contributed by atoms with Crippen LogP contribution >= 0.6 is 0 Å². The van der Waals surface area contributed by atoms with Crippen LogP contribution in [0.25, 0.3) is 0 Å². The minimum atomic E-state index is -0.309. The Labute approximate surface area is 177 Å². The zero-order valence-electron chi connectivity index (χ0n) is 17.6. The molecule has 0 N–H and O–H groups in total. The van der Waals surface area contributed by atoms with Crippen LogP contribution in [0.1, 0.15) is 43.4 Å². The first-order chi connectivity index (χ1) is 14.5. The molecule has 0 aromatic heterocycles. The standard InChI is InChI=1S/C24H28FN3O2/c1-17-10-12-27(13-11-17)16-24(29)28-22(20-8-3-4-9-23(20)30-2)15-21(26-28)18-6-5-7-19(25)14-18/h3-9,14,17,22H,10-13,15-16H2,1-2H3. The van der Waals surface area contributed by atoms with Gasteiger partial charge in [0.2, 0.25) is 0 Å². The van der Waals surface area contributed by atoms with E-state index in [1.165, 1.54) is 12.1 Å². The molecule has 0 bridgehead atoms. The molecule has 30 heavy (non-hydrogen) atoms. The highest BCUT2D eigenvalue weighted by Gasteiger charge is 2.35. The van der Waals surface area contributed by atoms with Crippen molar-refractivity contribution in [1.29, 1.82) is 0 Å². The molecule has 1 fully saturated rings. The van der Waals surface area contributed by atoms with Crippen molar-refractivity contribution in [3.8, 4) is 5.75 Å². The average molecular weight is 410 g/mol. The molecular formula is C24H28FN3O2. The zero-order valence-corrected chi connectivity index (χ0v) is 17.6. The van der Waals surface area contributed by atoms with Gasteiger partial charge in [-0.3, -0.25) is 9.69 Å². The van der Waals surface area contributed by atoms with Crippen LogP contribution in [0.15, 0.2) is 53.6 Å². The summed E-state index contributed by atoms with van der Waals surface area (Å²) in [6, 6.07) is 13.8. The van der Waals surface area contributed by atoms with Gasteiger partial charge in [-0.25, -0.2) is 9.40 Å². The Morgan fingerprint density at radius 3 is 2.67 bits per heavy atom. The number of likely N-dealkylation sites (tertiary alicyclic amines) is 1. The van der Waals surface area contributed by atoms with Crippen molar-refractivity contribution in [1.82, 2.24) is 9.91 Å². The number of methoxy groups -OCH3 is 1. The SMILES string of the molecule is COc1ccccc1C1CC(c2cccc(F)c2)=NN1C(=O)CN1CCC(C)CC1. The van der Waals surface area contributed by atoms with Gasteiger partial charge in [0.25, 0.3) is 5.91 Å². The molecule has 158 valence electrons. The van der Waals surface area contributed by atoms with Crippen molar-refractivity contribution in [2.75, 3.05) is 26.7 Å². The Balaban J connectivity index is 1.62. The third kappa shape index (κ3) is 4.38. The van der Waals surface area contributed by atoms with Crippen molar-refractivity contribution in [2.45, 2.75) is 32.2 Å². The van der Waals surface area contributed by atoms with Crippen LogP contribution < -0.4 is 4.74 Å². The van der Waals surface area contributed by atoms with Crippen LogP contribution in [0, 0.1) is 11.7 Å². The lowest BCUT2D eigenvalue weighted by atomic mass is 9.97. The number of hydrogen-bond acceptors (Lipinski definition) is 4. The van der Waals surface area contributed by atoms with E-state index in [1.807, 2.05) is 30.3 Å².